The second-order valence-corrected chi connectivity index (χ2v) is 4.60. The highest BCUT2D eigenvalue weighted by atomic mass is 16.6. The summed E-state index contributed by atoms with van der Waals surface area (Å²) in [5.41, 5.74) is 7.19. The Kier molecular flexibility index (Phi) is 4.45. The summed E-state index contributed by atoms with van der Waals surface area (Å²) < 4.78 is 0. The van der Waals surface area contributed by atoms with E-state index in [0.29, 0.717) is 12.0 Å². The topological polar surface area (TPSA) is 89.4 Å². The number of hydrogen-bond donors (Lipinski definition) is 2. The van der Waals surface area contributed by atoms with Crippen molar-refractivity contribution in [3.05, 3.63) is 75.8 Å². The zero-order valence-electron chi connectivity index (χ0n) is 10.8. The lowest BCUT2D eigenvalue weighted by atomic mass is 9.96. The van der Waals surface area contributed by atoms with Crippen molar-refractivity contribution >= 4 is 5.69 Å². The van der Waals surface area contributed by atoms with E-state index in [0.717, 1.165) is 5.56 Å². The van der Waals surface area contributed by atoms with E-state index in [1.54, 1.807) is 18.2 Å². The van der Waals surface area contributed by atoms with Crippen LogP contribution in [0.25, 0.3) is 0 Å². The van der Waals surface area contributed by atoms with E-state index in [4.69, 9.17) is 5.73 Å². The average Bonchev–Trinajstić information content (AvgIpc) is 2.47. The van der Waals surface area contributed by atoms with Crippen molar-refractivity contribution in [2.24, 2.45) is 5.73 Å². The van der Waals surface area contributed by atoms with Gasteiger partial charge < -0.3 is 10.8 Å². The van der Waals surface area contributed by atoms with Crippen LogP contribution in [-0.2, 0) is 6.42 Å². The zero-order valence-corrected chi connectivity index (χ0v) is 10.8. The first-order valence-electron chi connectivity index (χ1n) is 6.30. The molecule has 104 valence electrons. The van der Waals surface area contributed by atoms with Crippen molar-refractivity contribution in [2.75, 3.05) is 0 Å². The van der Waals surface area contributed by atoms with Gasteiger partial charge in [0.15, 0.2) is 0 Å². The molecular formula is C15H16N2O3. The molecule has 0 radical (unpaired) electrons. The zero-order chi connectivity index (χ0) is 14.5. The number of nitro benzene ring substituents is 1. The van der Waals surface area contributed by atoms with Crippen molar-refractivity contribution in [3.8, 4) is 0 Å². The van der Waals surface area contributed by atoms with Crippen LogP contribution < -0.4 is 5.73 Å². The molecule has 5 nitrogen and oxygen atoms in total. The number of hydrogen-bond acceptors (Lipinski definition) is 4. The van der Waals surface area contributed by atoms with Crippen molar-refractivity contribution in [1.29, 1.82) is 0 Å². The highest BCUT2D eigenvalue weighted by molar-refractivity contribution is 5.42. The minimum absolute atomic E-state index is 0.0629. The van der Waals surface area contributed by atoms with Crippen LogP contribution in [0.4, 0.5) is 5.69 Å². The molecule has 0 spiro atoms. The monoisotopic (exact) mass is 272 g/mol. The summed E-state index contributed by atoms with van der Waals surface area (Å²) in [7, 11) is 0. The first-order chi connectivity index (χ1) is 9.59. The second kappa shape index (κ2) is 6.27. The molecule has 20 heavy (non-hydrogen) atoms. The smallest absolute Gasteiger partial charge is 0.274 e. The van der Waals surface area contributed by atoms with Gasteiger partial charge >= 0.3 is 0 Å². The van der Waals surface area contributed by atoms with Crippen LogP contribution in [0.1, 0.15) is 17.2 Å². The lowest BCUT2D eigenvalue weighted by molar-refractivity contribution is -0.385. The van der Waals surface area contributed by atoms with Crippen molar-refractivity contribution < 1.29 is 10.0 Å². The van der Waals surface area contributed by atoms with E-state index in [9.17, 15) is 15.2 Å². The first kappa shape index (κ1) is 14.2. The molecule has 2 aromatic rings. The average molecular weight is 272 g/mol. The summed E-state index contributed by atoms with van der Waals surface area (Å²) in [4.78, 5) is 10.5. The van der Waals surface area contributed by atoms with Gasteiger partial charge in [0.25, 0.3) is 5.69 Å². The third kappa shape index (κ3) is 3.20. The van der Waals surface area contributed by atoms with Gasteiger partial charge in [-0.1, -0.05) is 48.5 Å². The highest BCUT2D eigenvalue weighted by Gasteiger charge is 2.24. The number of nitrogens with two attached hydrogens (primary N) is 1. The highest BCUT2D eigenvalue weighted by Crippen LogP contribution is 2.26. The molecular weight excluding hydrogens is 256 g/mol. The van der Waals surface area contributed by atoms with Gasteiger partial charge in [-0.05, 0) is 5.56 Å². The van der Waals surface area contributed by atoms with Gasteiger partial charge in [-0.15, -0.1) is 0 Å². The Bertz CT molecular complexity index is 587. The van der Waals surface area contributed by atoms with Crippen LogP contribution in [0, 0.1) is 10.1 Å². The number of para-hydroxylation sites is 1. The van der Waals surface area contributed by atoms with Crippen molar-refractivity contribution in [2.45, 2.75) is 18.6 Å². The number of aliphatic hydroxyl groups excluding tert-OH is 1. The van der Waals surface area contributed by atoms with Crippen LogP contribution in [0.15, 0.2) is 54.6 Å². The molecule has 0 aromatic heterocycles. The predicted octanol–water partition coefficient (Wildman–Crippen LogP) is 2.20. The van der Waals surface area contributed by atoms with Crippen molar-refractivity contribution in [3.63, 3.8) is 0 Å². The Hall–Kier alpha value is -2.24. The van der Waals surface area contributed by atoms with Gasteiger partial charge in [-0.3, -0.25) is 10.1 Å². The SMILES string of the molecule is N[C@@H](c1ccccc1[N+](=O)[O-])[C@H](O)Cc1ccccc1. The maximum absolute atomic E-state index is 11.0. The number of nitrogens with zero attached hydrogens (tertiary/aromatic N) is 1. The molecule has 2 atom stereocenters. The molecule has 0 unspecified atom stereocenters. The minimum atomic E-state index is -0.876. The fraction of sp³-hybridized carbons (Fsp3) is 0.200. The standard InChI is InChI=1S/C15H16N2O3/c16-15(12-8-4-5-9-13(12)17(19)20)14(18)10-11-6-2-1-3-7-11/h1-9,14-15,18H,10,16H2/t14-,15+/m1/s1. The molecule has 0 saturated carbocycles. The first-order valence-corrected chi connectivity index (χ1v) is 6.30. The Morgan fingerprint density at radius 2 is 1.70 bits per heavy atom. The fourth-order valence-corrected chi connectivity index (χ4v) is 2.13. The van der Waals surface area contributed by atoms with E-state index in [1.807, 2.05) is 30.3 Å². The van der Waals surface area contributed by atoms with E-state index < -0.39 is 17.1 Å². The molecule has 0 fully saturated rings. The second-order valence-electron chi connectivity index (χ2n) is 4.60. The molecule has 0 bridgehead atoms. The van der Waals surface area contributed by atoms with Gasteiger partial charge in [0.1, 0.15) is 0 Å². The summed E-state index contributed by atoms with van der Waals surface area (Å²) in [5.74, 6) is 0. The minimum Gasteiger partial charge on any atom is -0.391 e. The predicted molar refractivity (Wildman–Crippen MR) is 76.2 cm³/mol. The summed E-state index contributed by atoms with van der Waals surface area (Å²) in [6.07, 6.45) is -0.521. The van der Waals surface area contributed by atoms with Crippen LogP contribution in [0.3, 0.4) is 0 Å². The van der Waals surface area contributed by atoms with E-state index >= 15 is 0 Å². The molecule has 0 heterocycles. The van der Waals surface area contributed by atoms with E-state index in [1.165, 1.54) is 6.07 Å². The summed E-state index contributed by atoms with van der Waals surface area (Å²) in [6.45, 7) is 0. The number of aliphatic hydroxyl groups is 1. The van der Waals surface area contributed by atoms with Gasteiger partial charge in [0.2, 0.25) is 0 Å². The number of rotatable bonds is 5. The van der Waals surface area contributed by atoms with E-state index in [2.05, 4.69) is 0 Å². The summed E-state index contributed by atoms with van der Waals surface area (Å²) in [6, 6.07) is 14.8. The van der Waals surface area contributed by atoms with Crippen LogP contribution in [-0.4, -0.2) is 16.1 Å². The van der Waals surface area contributed by atoms with Crippen LogP contribution in [0.2, 0.25) is 0 Å². The van der Waals surface area contributed by atoms with Gasteiger partial charge in [0.05, 0.1) is 17.1 Å². The Morgan fingerprint density at radius 1 is 1.10 bits per heavy atom. The maximum atomic E-state index is 11.0. The number of benzene rings is 2. The van der Waals surface area contributed by atoms with Crippen LogP contribution in [0.5, 0.6) is 0 Å². The summed E-state index contributed by atoms with van der Waals surface area (Å²) in [5, 5.41) is 21.2. The van der Waals surface area contributed by atoms with Gasteiger partial charge in [-0.2, -0.15) is 0 Å². The largest absolute Gasteiger partial charge is 0.391 e. The molecule has 2 rings (SSSR count). The molecule has 3 N–H and O–H groups in total. The van der Waals surface area contributed by atoms with E-state index in [-0.39, 0.29) is 5.69 Å². The van der Waals surface area contributed by atoms with Gasteiger partial charge in [-0.25, -0.2) is 0 Å². The molecule has 0 aliphatic heterocycles. The normalized spacial score (nSPS) is 13.7. The van der Waals surface area contributed by atoms with Gasteiger partial charge in [0, 0.05) is 18.1 Å². The Morgan fingerprint density at radius 3 is 2.35 bits per heavy atom. The number of nitro groups is 1. The lowest BCUT2D eigenvalue weighted by Crippen LogP contribution is -2.28. The molecule has 5 heteroatoms. The fourth-order valence-electron chi connectivity index (χ4n) is 2.13. The summed E-state index contributed by atoms with van der Waals surface area (Å²) >= 11 is 0. The molecule has 0 aliphatic rings. The Balaban J connectivity index is 2.19. The van der Waals surface area contributed by atoms with Crippen LogP contribution >= 0.6 is 0 Å². The van der Waals surface area contributed by atoms with Crippen molar-refractivity contribution in [1.82, 2.24) is 0 Å². The molecule has 0 aliphatic carbocycles. The molecule has 0 saturated heterocycles. The maximum Gasteiger partial charge on any atom is 0.274 e. The Labute approximate surface area is 116 Å². The third-order valence-corrected chi connectivity index (χ3v) is 3.19. The lowest BCUT2D eigenvalue weighted by Gasteiger charge is -2.19. The quantitative estimate of drug-likeness (QED) is 0.645. The molecule has 2 aromatic carbocycles. The third-order valence-electron chi connectivity index (χ3n) is 3.19. The molecule has 0 amide bonds.